The SMILES string of the molecule is O=[SH](=O)S(=O)(=O)O.[LiH]. The molecule has 0 aromatic heterocycles. The van der Waals surface area contributed by atoms with Crippen molar-refractivity contribution in [2.24, 2.45) is 0 Å². The molecule has 0 radical (unpaired) electrons. The van der Waals surface area contributed by atoms with Crippen LogP contribution in [-0.2, 0) is 18.9 Å². The molecule has 0 saturated heterocycles. The Kier molecular flexibility index (Phi) is 4.90. The molecule has 0 bridgehead atoms. The van der Waals surface area contributed by atoms with Crippen LogP contribution in [0.15, 0.2) is 0 Å². The molecule has 0 fully saturated rings. The Morgan fingerprint density at radius 3 is 1.38 bits per heavy atom. The molecule has 0 atom stereocenters. The van der Waals surface area contributed by atoms with Crippen molar-refractivity contribution in [2.75, 3.05) is 0 Å². The van der Waals surface area contributed by atoms with Gasteiger partial charge in [-0.1, -0.05) is 0 Å². The molecule has 0 unspecified atom stereocenters. The van der Waals surface area contributed by atoms with E-state index in [1.807, 2.05) is 0 Å². The summed E-state index contributed by atoms with van der Waals surface area (Å²) in [6.07, 6.45) is 0. The van der Waals surface area contributed by atoms with Crippen LogP contribution in [0.25, 0.3) is 0 Å². The Bertz CT molecular complexity index is 199. The third-order valence-corrected chi connectivity index (χ3v) is 1.70. The van der Waals surface area contributed by atoms with Gasteiger partial charge in [0.2, 0.25) is 0 Å². The van der Waals surface area contributed by atoms with Gasteiger partial charge in [0.05, 0.1) is 0 Å². The van der Waals surface area contributed by atoms with Crippen molar-refractivity contribution in [1.29, 1.82) is 0 Å². The van der Waals surface area contributed by atoms with Crippen LogP contribution in [0.5, 0.6) is 0 Å². The predicted molar refractivity (Wildman–Crippen MR) is 29.0 cm³/mol. The van der Waals surface area contributed by atoms with Crippen LogP contribution in [-0.4, -0.2) is 40.2 Å². The van der Waals surface area contributed by atoms with Crippen LogP contribution in [0.2, 0.25) is 0 Å². The summed E-state index contributed by atoms with van der Waals surface area (Å²) in [5.74, 6) is 0. The Morgan fingerprint density at radius 1 is 1.25 bits per heavy atom. The number of rotatable bonds is 1. The van der Waals surface area contributed by atoms with E-state index in [-0.39, 0.29) is 18.9 Å². The van der Waals surface area contributed by atoms with Gasteiger partial charge in [-0.2, -0.15) is 8.42 Å². The van der Waals surface area contributed by atoms with Crippen molar-refractivity contribution in [3.05, 3.63) is 0 Å². The van der Waals surface area contributed by atoms with Crippen molar-refractivity contribution in [2.45, 2.75) is 0 Å². The fourth-order valence-electron chi connectivity index (χ4n) is 0. The van der Waals surface area contributed by atoms with E-state index >= 15 is 0 Å². The van der Waals surface area contributed by atoms with Gasteiger partial charge in [0.1, 0.15) is 0 Å². The van der Waals surface area contributed by atoms with Gasteiger partial charge >= 0.3 is 28.0 Å². The summed E-state index contributed by atoms with van der Waals surface area (Å²) < 4.78 is 44.5. The van der Waals surface area contributed by atoms with E-state index in [0.717, 1.165) is 0 Å². The van der Waals surface area contributed by atoms with Gasteiger partial charge in [0.15, 0.2) is 0 Å². The molecule has 0 aliphatic carbocycles. The van der Waals surface area contributed by atoms with Crippen LogP contribution in [0, 0.1) is 0 Å². The second kappa shape index (κ2) is 3.48. The molecule has 0 spiro atoms. The normalized spacial score (nSPS) is 10.8. The summed E-state index contributed by atoms with van der Waals surface area (Å²) in [7, 11) is -8.50. The van der Waals surface area contributed by atoms with Gasteiger partial charge in [0, 0.05) is 0 Å². The zero-order chi connectivity index (χ0) is 6.08. The standard InChI is InChI=1S/Li.H2O5S2.H/c;1-6(2)7(3,4)5;/h;6H,(H,3,4,5);. The van der Waals surface area contributed by atoms with Crippen LogP contribution < -0.4 is 0 Å². The van der Waals surface area contributed by atoms with Crippen LogP contribution >= 0.6 is 0 Å². The third kappa shape index (κ3) is 4.61. The molecule has 46 valence electrons. The Labute approximate surface area is 59.4 Å². The Hall–Kier alpha value is 0.457. The molecule has 8 heteroatoms. The van der Waals surface area contributed by atoms with Gasteiger partial charge in [0.25, 0.3) is 9.74 Å². The van der Waals surface area contributed by atoms with E-state index < -0.39 is 18.9 Å². The summed E-state index contributed by atoms with van der Waals surface area (Å²) in [6, 6.07) is 0. The first kappa shape index (κ1) is 11.3. The van der Waals surface area contributed by atoms with Gasteiger partial charge in [-0.05, 0) is 0 Å². The van der Waals surface area contributed by atoms with Crippen molar-refractivity contribution >= 4 is 37.7 Å². The monoisotopic (exact) mass is 154 g/mol. The third-order valence-electron chi connectivity index (χ3n) is 0.188. The molecule has 1 N–H and O–H groups in total. The number of hydrogen-bond donors (Lipinski definition) is 2. The van der Waals surface area contributed by atoms with E-state index in [4.69, 9.17) is 4.55 Å². The summed E-state index contributed by atoms with van der Waals surface area (Å²) >= 11 is 0. The fraction of sp³-hybridized carbons (Fsp3) is 0. The van der Waals surface area contributed by atoms with Crippen molar-refractivity contribution in [1.82, 2.24) is 0 Å². The summed E-state index contributed by atoms with van der Waals surface area (Å²) in [6.45, 7) is 0. The molecule has 8 heavy (non-hydrogen) atoms. The minimum absolute atomic E-state index is 0. The van der Waals surface area contributed by atoms with Crippen LogP contribution in [0.4, 0.5) is 0 Å². The second-order valence-electron chi connectivity index (χ2n) is 0.671. The topological polar surface area (TPSA) is 88.5 Å². The van der Waals surface area contributed by atoms with E-state index in [2.05, 4.69) is 0 Å². The quantitative estimate of drug-likeness (QED) is 0.193. The first-order valence-electron chi connectivity index (χ1n) is 1.06. The van der Waals surface area contributed by atoms with Crippen LogP contribution in [0.3, 0.4) is 0 Å². The average Bonchev–Trinajstić information content (AvgIpc) is 1.31. The Balaban J connectivity index is 0. The van der Waals surface area contributed by atoms with E-state index in [9.17, 15) is 16.8 Å². The van der Waals surface area contributed by atoms with E-state index in [1.54, 1.807) is 0 Å². The predicted octanol–water partition coefficient (Wildman–Crippen LogP) is -2.25. The molecule has 0 heterocycles. The Morgan fingerprint density at radius 2 is 1.38 bits per heavy atom. The van der Waals surface area contributed by atoms with Gasteiger partial charge in [-0.25, -0.2) is 8.42 Å². The molecular formula is H3LiO5S2. The molecule has 0 saturated carbocycles. The van der Waals surface area contributed by atoms with Crippen molar-refractivity contribution in [3.63, 3.8) is 0 Å². The molecule has 0 rings (SSSR count). The van der Waals surface area contributed by atoms with Crippen molar-refractivity contribution in [3.8, 4) is 0 Å². The summed E-state index contributed by atoms with van der Waals surface area (Å²) in [5.41, 5.74) is 0. The molecule has 0 aromatic rings. The first-order valence-corrected chi connectivity index (χ1v) is 4.29. The van der Waals surface area contributed by atoms with Gasteiger partial charge < -0.3 is 0 Å². The second-order valence-corrected chi connectivity index (χ2v) is 4.29. The van der Waals surface area contributed by atoms with Crippen LogP contribution in [0.1, 0.15) is 0 Å². The zero-order valence-corrected chi connectivity index (χ0v) is 4.65. The maximum absolute atomic E-state index is 9.29. The molecular weight excluding hydrogens is 151 g/mol. The maximum atomic E-state index is 9.29. The number of thiol groups is 1. The molecule has 0 aromatic carbocycles. The molecule has 5 nitrogen and oxygen atoms in total. The summed E-state index contributed by atoms with van der Waals surface area (Å²) in [4.78, 5) is 0. The minimum atomic E-state index is -4.79. The van der Waals surface area contributed by atoms with Gasteiger partial charge in [-0.15, -0.1) is 0 Å². The molecule has 0 aliphatic rings. The molecule has 0 amide bonds. The van der Waals surface area contributed by atoms with E-state index in [1.165, 1.54) is 0 Å². The van der Waals surface area contributed by atoms with Gasteiger partial charge in [-0.3, -0.25) is 4.55 Å². The molecule has 0 aliphatic heterocycles. The average molecular weight is 154 g/mol. The number of hydrogen-bond acceptors (Lipinski definition) is 4. The summed E-state index contributed by atoms with van der Waals surface area (Å²) in [5, 5.41) is 0. The fourth-order valence-corrected chi connectivity index (χ4v) is 0. The van der Waals surface area contributed by atoms with E-state index in [0.29, 0.717) is 0 Å². The van der Waals surface area contributed by atoms with Crippen molar-refractivity contribution < 1.29 is 21.4 Å². The zero-order valence-electron chi connectivity index (χ0n) is 2.94. The first-order chi connectivity index (χ1) is 2.94.